The van der Waals surface area contributed by atoms with Gasteiger partial charge in [-0.2, -0.15) is 5.26 Å². The summed E-state index contributed by atoms with van der Waals surface area (Å²) in [5.41, 5.74) is -0.205. The number of imide groups is 1. The largest absolute Gasteiger partial charge is 0.346 e. The molecule has 2 heterocycles. The number of amides is 2. The lowest BCUT2D eigenvalue weighted by Gasteiger charge is -2.41. The maximum Gasteiger partial charge on any atom is 0.251 e. The highest BCUT2D eigenvalue weighted by Gasteiger charge is 2.41. The Morgan fingerprint density at radius 1 is 1.50 bits per heavy atom. The van der Waals surface area contributed by atoms with Crippen LogP contribution in [-0.4, -0.2) is 28.9 Å². The third-order valence-electron chi connectivity index (χ3n) is 2.97. The molecular weight excluding hydrogens is 232 g/mol. The van der Waals surface area contributed by atoms with Crippen LogP contribution in [-0.2, 0) is 9.59 Å². The van der Waals surface area contributed by atoms with Crippen LogP contribution >= 0.6 is 0 Å². The number of aromatic nitrogens is 1. The van der Waals surface area contributed by atoms with E-state index in [4.69, 9.17) is 5.26 Å². The summed E-state index contributed by atoms with van der Waals surface area (Å²) in [6.07, 6.45) is 1.50. The second-order valence-corrected chi connectivity index (χ2v) is 4.51. The van der Waals surface area contributed by atoms with Crippen LogP contribution in [0.15, 0.2) is 18.3 Å². The summed E-state index contributed by atoms with van der Waals surface area (Å²) in [7, 11) is 0. The van der Waals surface area contributed by atoms with Crippen molar-refractivity contribution in [2.24, 2.45) is 0 Å². The van der Waals surface area contributed by atoms with Gasteiger partial charge in [-0.25, -0.2) is 4.98 Å². The molecule has 0 saturated carbocycles. The van der Waals surface area contributed by atoms with Crippen molar-refractivity contribution in [1.29, 1.82) is 5.26 Å². The summed E-state index contributed by atoms with van der Waals surface area (Å²) in [4.78, 5) is 28.8. The van der Waals surface area contributed by atoms with Crippen molar-refractivity contribution in [3.8, 4) is 6.07 Å². The van der Waals surface area contributed by atoms with Gasteiger partial charge in [0.05, 0.1) is 12.2 Å². The lowest BCUT2D eigenvalue weighted by atomic mass is 9.97. The average Bonchev–Trinajstić information content (AvgIpc) is 2.34. The number of nitriles is 1. The first-order chi connectivity index (χ1) is 8.46. The molecule has 6 nitrogen and oxygen atoms in total. The molecule has 0 bridgehead atoms. The first-order valence-electron chi connectivity index (χ1n) is 5.44. The van der Waals surface area contributed by atoms with Gasteiger partial charge in [-0.05, 0) is 26.0 Å². The molecule has 0 unspecified atom stereocenters. The van der Waals surface area contributed by atoms with Crippen LogP contribution in [0.2, 0.25) is 0 Å². The van der Waals surface area contributed by atoms with Crippen molar-refractivity contribution >= 4 is 17.5 Å². The second-order valence-electron chi connectivity index (χ2n) is 4.51. The molecule has 92 valence electrons. The minimum absolute atomic E-state index is 0.0269. The molecule has 0 aromatic carbocycles. The molecular formula is C12H12N4O2. The van der Waals surface area contributed by atoms with E-state index >= 15 is 0 Å². The highest BCUT2D eigenvalue weighted by atomic mass is 16.2. The van der Waals surface area contributed by atoms with Gasteiger partial charge in [0, 0.05) is 6.20 Å². The van der Waals surface area contributed by atoms with Gasteiger partial charge in [-0.15, -0.1) is 0 Å². The summed E-state index contributed by atoms with van der Waals surface area (Å²) in [6.45, 7) is 3.42. The van der Waals surface area contributed by atoms with Gasteiger partial charge in [0.25, 0.3) is 5.91 Å². The van der Waals surface area contributed by atoms with Gasteiger partial charge in [-0.3, -0.25) is 14.9 Å². The van der Waals surface area contributed by atoms with E-state index in [2.05, 4.69) is 10.3 Å². The van der Waals surface area contributed by atoms with Crippen LogP contribution in [0.3, 0.4) is 0 Å². The van der Waals surface area contributed by atoms with E-state index in [-0.39, 0.29) is 24.1 Å². The maximum absolute atomic E-state index is 11.8. The molecule has 6 heteroatoms. The SMILES string of the molecule is CC1(C)C(=O)NC(=O)CN1c1cccnc1C#N. The Balaban J connectivity index is 2.51. The summed E-state index contributed by atoms with van der Waals surface area (Å²) < 4.78 is 0. The van der Waals surface area contributed by atoms with Crippen molar-refractivity contribution in [1.82, 2.24) is 10.3 Å². The molecule has 2 amide bonds. The van der Waals surface area contributed by atoms with Crippen molar-refractivity contribution in [3.05, 3.63) is 24.0 Å². The average molecular weight is 244 g/mol. The monoisotopic (exact) mass is 244 g/mol. The van der Waals surface area contributed by atoms with E-state index in [0.717, 1.165) is 0 Å². The molecule has 1 aromatic heterocycles. The zero-order chi connectivity index (χ0) is 13.3. The molecule has 1 fully saturated rings. The van der Waals surface area contributed by atoms with Gasteiger partial charge >= 0.3 is 0 Å². The molecule has 0 radical (unpaired) electrons. The molecule has 1 N–H and O–H groups in total. The topological polar surface area (TPSA) is 86.1 Å². The maximum atomic E-state index is 11.8. The van der Waals surface area contributed by atoms with Crippen LogP contribution in [0, 0.1) is 11.3 Å². The minimum Gasteiger partial charge on any atom is -0.346 e. The smallest absolute Gasteiger partial charge is 0.251 e. The van der Waals surface area contributed by atoms with Crippen molar-refractivity contribution < 1.29 is 9.59 Å². The Kier molecular flexibility index (Phi) is 2.75. The number of nitrogens with zero attached hydrogens (tertiary/aromatic N) is 3. The van der Waals surface area contributed by atoms with Gasteiger partial charge in [0.2, 0.25) is 5.91 Å². The Bertz CT molecular complexity index is 559. The van der Waals surface area contributed by atoms with Crippen LogP contribution in [0.25, 0.3) is 0 Å². The number of carbonyl (C=O) groups excluding carboxylic acids is 2. The molecule has 18 heavy (non-hydrogen) atoms. The Labute approximate surface area is 104 Å². The summed E-state index contributed by atoms with van der Waals surface area (Å²) in [5.74, 6) is -0.765. The van der Waals surface area contributed by atoms with Gasteiger partial charge in [0.1, 0.15) is 11.6 Å². The number of carbonyl (C=O) groups is 2. The molecule has 0 spiro atoms. The Morgan fingerprint density at radius 3 is 2.89 bits per heavy atom. The van der Waals surface area contributed by atoms with Gasteiger partial charge < -0.3 is 4.90 Å². The van der Waals surface area contributed by atoms with Crippen molar-refractivity contribution in [2.45, 2.75) is 19.4 Å². The van der Waals surface area contributed by atoms with Crippen LogP contribution < -0.4 is 10.2 Å². The Morgan fingerprint density at radius 2 is 2.22 bits per heavy atom. The minimum atomic E-state index is -0.900. The first-order valence-corrected chi connectivity index (χ1v) is 5.44. The zero-order valence-electron chi connectivity index (χ0n) is 10.1. The van der Waals surface area contributed by atoms with E-state index in [9.17, 15) is 9.59 Å². The molecule has 0 aliphatic carbocycles. The van der Waals surface area contributed by atoms with Gasteiger partial charge in [0.15, 0.2) is 5.69 Å². The second kappa shape index (κ2) is 4.11. The van der Waals surface area contributed by atoms with E-state index in [1.54, 1.807) is 30.9 Å². The highest BCUT2D eigenvalue weighted by molar-refractivity contribution is 6.06. The molecule has 1 aliphatic rings. The fourth-order valence-corrected chi connectivity index (χ4v) is 1.87. The van der Waals surface area contributed by atoms with Crippen LogP contribution in [0.4, 0.5) is 5.69 Å². The molecule has 2 rings (SSSR count). The quantitative estimate of drug-likeness (QED) is 0.713. The zero-order valence-corrected chi connectivity index (χ0v) is 10.1. The van der Waals surface area contributed by atoms with E-state index in [1.807, 2.05) is 6.07 Å². The standard InChI is InChI=1S/C12H12N4O2/c1-12(2)11(18)15-10(17)7-16(12)9-4-3-5-14-8(9)6-13/h3-5H,7H2,1-2H3,(H,15,17,18). The summed E-state index contributed by atoms with van der Waals surface area (Å²) in [5, 5.41) is 11.3. The van der Waals surface area contributed by atoms with Gasteiger partial charge in [-0.1, -0.05) is 0 Å². The fraction of sp³-hybridized carbons (Fsp3) is 0.333. The number of piperazine rings is 1. The first kappa shape index (κ1) is 12.0. The molecule has 1 aliphatic heterocycles. The number of pyridine rings is 1. The van der Waals surface area contributed by atoms with Crippen molar-refractivity contribution in [3.63, 3.8) is 0 Å². The van der Waals surface area contributed by atoms with Crippen LogP contribution in [0.1, 0.15) is 19.5 Å². The third kappa shape index (κ3) is 1.80. The number of rotatable bonds is 1. The predicted octanol–water partition coefficient (Wildman–Crippen LogP) is 0.195. The normalized spacial score (nSPS) is 18.2. The lowest BCUT2D eigenvalue weighted by Crippen LogP contribution is -2.64. The Hall–Kier alpha value is -2.42. The number of anilines is 1. The van der Waals surface area contributed by atoms with Crippen molar-refractivity contribution in [2.75, 3.05) is 11.4 Å². The molecule has 0 atom stereocenters. The summed E-state index contributed by atoms with van der Waals surface area (Å²) >= 11 is 0. The molecule has 1 aromatic rings. The lowest BCUT2D eigenvalue weighted by molar-refractivity contribution is -0.135. The molecule has 1 saturated heterocycles. The van der Waals surface area contributed by atoms with Crippen LogP contribution in [0.5, 0.6) is 0 Å². The number of hydrogen-bond acceptors (Lipinski definition) is 5. The van der Waals surface area contributed by atoms with E-state index < -0.39 is 5.54 Å². The highest BCUT2D eigenvalue weighted by Crippen LogP contribution is 2.27. The summed E-state index contributed by atoms with van der Waals surface area (Å²) in [6, 6.07) is 5.31. The predicted molar refractivity (Wildman–Crippen MR) is 63.5 cm³/mol. The fourth-order valence-electron chi connectivity index (χ4n) is 1.87. The van der Waals surface area contributed by atoms with E-state index in [0.29, 0.717) is 5.69 Å². The number of hydrogen-bond donors (Lipinski definition) is 1. The number of nitrogens with one attached hydrogen (secondary N) is 1. The third-order valence-corrected chi connectivity index (χ3v) is 2.97. The van der Waals surface area contributed by atoms with E-state index in [1.165, 1.54) is 6.20 Å².